The Morgan fingerprint density at radius 1 is 0.971 bits per heavy atom. The highest BCUT2D eigenvalue weighted by Gasteiger charge is 2.24. The normalized spacial score (nSPS) is 11.7. The third-order valence-corrected chi connectivity index (χ3v) is 5.69. The van der Waals surface area contributed by atoms with E-state index < -0.39 is 0 Å². The van der Waals surface area contributed by atoms with E-state index in [0.717, 1.165) is 22.0 Å². The Hall–Kier alpha value is -4.20. The molecule has 0 aliphatic heterocycles. The maximum atomic E-state index is 12.6. The van der Waals surface area contributed by atoms with Crippen molar-refractivity contribution in [2.45, 2.75) is 12.3 Å². The summed E-state index contributed by atoms with van der Waals surface area (Å²) >= 11 is 0. The number of aromatic nitrogens is 1. The molecule has 2 heterocycles. The smallest absolute Gasteiger partial charge is 0.286 e. The van der Waals surface area contributed by atoms with Crippen molar-refractivity contribution in [3.8, 4) is 11.5 Å². The number of benzene rings is 2. The lowest BCUT2D eigenvalue weighted by atomic mass is 9.89. The maximum Gasteiger partial charge on any atom is 0.286 e. The summed E-state index contributed by atoms with van der Waals surface area (Å²) < 4.78 is 16.2. The lowest BCUT2D eigenvalue weighted by Gasteiger charge is -2.22. The quantitative estimate of drug-likeness (QED) is 0.333. The van der Waals surface area contributed by atoms with Gasteiger partial charge in [0.2, 0.25) is 5.91 Å². The average molecular weight is 462 g/mol. The molecule has 1 atom stereocenters. The molecule has 0 bridgehead atoms. The number of hydrogen-bond acceptors (Lipinski definition) is 5. The molecule has 0 fully saturated rings. The second kappa shape index (κ2) is 10.6. The van der Waals surface area contributed by atoms with Crippen LogP contribution in [0.5, 0.6) is 11.5 Å². The van der Waals surface area contributed by atoms with Gasteiger partial charge in [-0.15, -0.1) is 0 Å². The van der Waals surface area contributed by atoms with E-state index in [1.807, 2.05) is 48.7 Å². The highest BCUT2D eigenvalue weighted by Crippen LogP contribution is 2.40. The van der Waals surface area contributed by atoms with Crippen LogP contribution in [0.2, 0.25) is 0 Å². The van der Waals surface area contributed by atoms with Crippen LogP contribution >= 0.6 is 0 Å². The molecule has 8 nitrogen and oxygen atoms in total. The molecule has 176 valence electrons. The van der Waals surface area contributed by atoms with Crippen molar-refractivity contribution in [1.82, 2.24) is 15.6 Å². The zero-order valence-corrected chi connectivity index (χ0v) is 19.1. The molecule has 4 aromatic rings. The molecule has 0 radical (unpaired) electrons. The molecular formula is C26H27N3O5. The van der Waals surface area contributed by atoms with Gasteiger partial charge in [-0.1, -0.05) is 30.3 Å². The fourth-order valence-electron chi connectivity index (χ4n) is 4.04. The van der Waals surface area contributed by atoms with E-state index >= 15 is 0 Å². The van der Waals surface area contributed by atoms with Gasteiger partial charge in [0.1, 0.15) is 0 Å². The predicted octanol–water partition coefficient (Wildman–Crippen LogP) is 3.85. The molecule has 1 unspecified atom stereocenters. The summed E-state index contributed by atoms with van der Waals surface area (Å²) in [5.41, 5.74) is 2.95. The molecule has 0 saturated carbocycles. The summed E-state index contributed by atoms with van der Waals surface area (Å²) in [6.07, 6.45) is 3.53. The minimum atomic E-state index is -0.351. The number of hydrogen-bond donors (Lipinski definition) is 3. The fourth-order valence-corrected chi connectivity index (χ4v) is 4.04. The maximum absolute atomic E-state index is 12.6. The van der Waals surface area contributed by atoms with E-state index in [1.54, 1.807) is 26.4 Å². The Bertz CT molecular complexity index is 1260. The summed E-state index contributed by atoms with van der Waals surface area (Å²) in [7, 11) is 3.20. The number of furan rings is 1. The monoisotopic (exact) mass is 461 g/mol. The Labute approximate surface area is 197 Å². The third kappa shape index (κ3) is 4.91. The Kier molecular flexibility index (Phi) is 7.17. The first kappa shape index (κ1) is 23.0. The summed E-state index contributed by atoms with van der Waals surface area (Å²) in [6.45, 7) is 0.544. The number of ether oxygens (including phenoxy) is 2. The molecule has 34 heavy (non-hydrogen) atoms. The zero-order valence-electron chi connectivity index (χ0n) is 19.1. The number of nitrogens with one attached hydrogen (secondary N) is 3. The second-order valence-electron chi connectivity index (χ2n) is 7.71. The van der Waals surface area contributed by atoms with Gasteiger partial charge in [0.05, 0.1) is 20.5 Å². The van der Waals surface area contributed by atoms with Gasteiger partial charge in [-0.05, 0) is 29.8 Å². The van der Waals surface area contributed by atoms with Gasteiger partial charge in [-0.25, -0.2) is 0 Å². The Balaban J connectivity index is 1.51. The van der Waals surface area contributed by atoms with E-state index in [-0.39, 0.29) is 36.5 Å². The van der Waals surface area contributed by atoms with Crippen molar-refractivity contribution in [2.24, 2.45) is 0 Å². The SMILES string of the molecule is COc1cccc(C(CNC(=O)CCNC(=O)c2ccco2)c2c[nH]c3ccccc23)c1OC. The Morgan fingerprint density at radius 3 is 2.59 bits per heavy atom. The van der Waals surface area contributed by atoms with Crippen LogP contribution in [0.25, 0.3) is 10.9 Å². The molecular weight excluding hydrogens is 434 g/mol. The second-order valence-corrected chi connectivity index (χ2v) is 7.71. The Morgan fingerprint density at radius 2 is 1.82 bits per heavy atom. The van der Waals surface area contributed by atoms with Crippen LogP contribution in [0.1, 0.15) is 34.0 Å². The minimum absolute atomic E-state index is 0.141. The molecule has 3 N–H and O–H groups in total. The lowest BCUT2D eigenvalue weighted by Crippen LogP contribution is -2.33. The van der Waals surface area contributed by atoms with Crippen molar-refractivity contribution >= 4 is 22.7 Å². The van der Waals surface area contributed by atoms with Gasteiger partial charge in [0, 0.05) is 48.1 Å². The highest BCUT2D eigenvalue weighted by molar-refractivity contribution is 5.91. The van der Waals surface area contributed by atoms with Crippen molar-refractivity contribution in [3.63, 3.8) is 0 Å². The minimum Gasteiger partial charge on any atom is -0.493 e. The first-order chi connectivity index (χ1) is 16.6. The molecule has 0 spiro atoms. The standard InChI is InChI=1S/C26H27N3O5/c1-32-22-10-5-8-18(25(22)33-2)20(19-15-28-21-9-4-3-7-17(19)21)16-29-24(30)12-13-27-26(31)23-11-6-14-34-23/h3-11,14-15,20,28H,12-13,16H2,1-2H3,(H,27,31)(H,29,30). The van der Waals surface area contributed by atoms with Gasteiger partial charge >= 0.3 is 0 Å². The van der Waals surface area contributed by atoms with Gasteiger partial charge < -0.3 is 29.5 Å². The number of amides is 2. The number of methoxy groups -OCH3 is 2. The molecule has 0 aliphatic rings. The first-order valence-corrected chi connectivity index (χ1v) is 11.0. The molecule has 0 aliphatic carbocycles. The summed E-state index contributed by atoms with van der Waals surface area (Å²) in [5, 5.41) is 6.76. The van der Waals surface area contributed by atoms with E-state index in [0.29, 0.717) is 18.0 Å². The van der Waals surface area contributed by atoms with E-state index in [9.17, 15) is 9.59 Å². The highest BCUT2D eigenvalue weighted by atomic mass is 16.5. The molecule has 8 heteroatoms. The predicted molar refractivity (Wildman–Crippen MR) is 128 cm³/mol. The zero-order chi connectivity index (χ0) is 23.9. The number of rotatable bonds is 10. The number of H-pyrrole nitrogens is 1. The summed E-state index contributed by atoms with van der Waals surface area (Å²) in [5.74, 6) is 0.742. The van der Waals surface area contributed by atoms with Crippen LogP contribution in [0.4, 0.5) is 0 Å². The van der Waals surface area contributed by atoms with Crippen LogP contribution in [-0.4, -0.2) is 44.1 Å². The van der Waals surface area contributed by atoms with E-state index in [2.05, 4.69) is 15.6 Å². The van der Waals surface area contributed by atoms with Crippen molar-refractivity contribution in [1.29, 1.82) is 0 Å². The largest absolute Gasteiger partial charge is 0.493 e. The molecule has 2 aromatic carbocycles. The van der Waals surface area contributed by atoms with Crippen LogP contribution < -0.4 is 20.1 Å². The van der Waals surface area contributed by atoms with Gasteiger partial charge in [0.25, 0.3) is 5.91 Å². The fraction of sp³-hybridized carbons (Fsp3) is 0.231. The number of carbonyl (C=O) groups is 2. The van der Waals surface area contributed by atoms with Crippen LogP contribution in [-0.2, 0) is 4.79 Å². The van der Waals surface area contributed by atoms with Crippen molar-refractivity contribution < 1.29 is 23.5 Å². The number of aromatic amines is 1. The van der Waals surface area contributed by atoms with Crippen molar-refractivity contribution in [3.05, 3.63) is 83.9 Å². The molecule has 4 rings (SSSR count). The van der Waals surface area contributed by atoms with Crippen molar-refractivity contribution in [2.75, 3.05) is 27.3 Å². The summed E-state index contributed by atoms with van der Waals surface area (Å²) in [4.78, 5) is 27.9. The summed E-state index contributed by atoms with van der Waals surface area (Å²) in [6, 6.07) is 17.0. The third-order valence-electron chi connectivity index (χ3n) is 5.69. The van der Waals surface area contributed by atoms with Crippen LogP contribution in [0, 0.1) is 0 Å². The van der Waals surface area contributed by atoms with Crippen LogP contribution in [0.3, 0.4) is 0 Å². The van der Waals surface area contributed by atoms with Gasteiger partial charge in [0.15, 0.2) is 17.3 Å². The van der Waals surface area contributed by atoms with Gasteiger partial charge in [-0.2, -0.15) is 0 Å². The average Bonchev–Trinajstić information content (AvgIpc) is 3.55. The first-order valence-electron chi connectivity index (χ1n) is 11.0. The topological polar surface area (TPSA) is 106 Å². The van der Waals surface area contributed by atoms with Gasteiger partial charge in [-0.3, -0.25) is 9.59 Å². The van der Waals surface area contributed by atoms with E-state index in [1.165, 1.54) is 6.26 Å². The number of carbonyl (C=O) groups excluding carboxylic acids is 2. The molecule has 2 aromatic heterocycles. The van der Waals surface area contributed by atoms with E-state index in [4.69, 9.17) is 13.9 Å². The number of para-hydroxylation sites is 2. The molecule has 2 amide bonds. The lowest BCUT2D eigenvalue weighted by molar-refractivity contribution is -0.120. The number of fused-ring (bicyclic) bond motifs is 1. The van der Waals surface area contributed by atoms with Crippen LogP contribution in [0.15, 0.2) is 71.5 Å². The molecule has 0 saturated heterocycles.